The largest absolute Gasteiger partial charge is 0.466 e. The molecule has 170 valence electrons. The summed E-state index contributed by atoms with van der Waals surface area (Å²) >= 11 is 0. The van der Waals surface area contributed by atoms with Crippen LogP contribution in [0.25, 0.3) is 0 Å². The zero-order valence-corrected chi connectivity index (χ0v) is 17.9. The Morgan fingerprint density at radius 1 is 1.10 bits per heavy atom. The van der Waals surface area contributed by atoms with E-state index in [0.717, 1.165) is 0 Å². The Hall–Kier alpha value is -3.50. The van der Waals surface area contributed by atoms with Crippen molar-refractivity contribution in [1.82, 2.24) is 10.6 Å². The first-order valence-corrected chi connectivity index (χ1v) is 9.74. The van der Waals surface area contributed by atoms with Crippen molar-refractivity contribution in [3.8, 4) is 0 Å². The quantitative estimate of drug-likeness (QED) is 0.261. The first kappa shape index (κ1) is 25.5. The number of ether oxygens (including phenoxy) is 1. The number of rotatable bonds is 11. The number of hydrogen-bond acceptors (Lipinski definition) is 7. The maximum atomic E-state index is 12.8. The molecule has 0 aliphatic carbocycles. The Morgan fingerprint density at radius 3 is 2.10 bits per heavy atom. The van der Waals surface area contributed by atoms with Crippen LogP contribution in [0.5, 0.6) is 0 Å². The fourth-order valence-electron chi connectivity index (χ4n) is 3.04. The van der Waals surface area contributed by atoms with Crippen LogP contribution in [0.4, 0.5) is 5.69 Å². The number of primary amides is 1. The summed E-state index contributed by atoms with van der Waals surface area (Å²) < 4.78 is 4.96. The summed E-state index contributed by atoms with van der Waals surface area (Å²) in [4.78, 5) is 59.0. The van der Waals surface area contributed by atoms with Crippen molar-refractivity contribution in [3.63, 3.8) is 0 Å². The van der Waals surface area contributed by atoms with Crippen LogP contribution in [0.1, 0.15) is 45.6 Å². The van der Waals surface area contributed by atoms with Gasteiger partial charge < -0.3 is 21.1 Å². The van der Waals surface area contributed by atoms with Crippen molar-refractivity contribution < 1.29 is 28.8 Å². The van der Waals surface area contributed by atoms with Crippen molar-refractivity contribution in [2.45, 2.75) is 52.1 Å². The Labute approximate surface area is 179 Å². The minimum atomic E-state index is -1.33. The molecule has 0 fully saturated rings. The maximum absolute atomic E-state index is 12.8. The van der Waals surface area contributed by atoms with Crippen LogP contribution in [0.15, 0.2) is 24.3 Å². The van der Waals surface area contributed by atoms with E-state index in [0.29, 0.717) is 5.56 Å². The highest BCUT2D eigenvalue weighted by molar-refractivity contribution is 5.92. The monoisotopic (exact) mass is 436 g/mol. The molecule has 0 radical (unpaired) electrons. The van der Waals surface area contributed by atoms with E-state index >= 15 is 0 Å². The third-order valence-corrected chi connectivity index (χ3v) is 4.54. The summed E-state index contributed by atoms with van der Waals surface area (Å²) in [6, 6.07) is 2.96. The average molecular weight is 436 g/mol. The average Bonchev–Trinajstić information content (AvgIpc) is 2.68. The fourth-order valence-corrected chi connectivity index (χ4v) is 3.04. The number of non-ortho nitro benzene ring substituents is 1. The number of nitrogens with two attached hydrogens (primary N) is 1. The van der Waals surface area contributed by atoms with Gasteiger partial charge in [0, 0.05) is 25.0 Å². The molecule has 31 heavy (non-hydrogen) atoms. The summed E-state index contributed by atoms with van der Waals surface area (Å²) in [5, 5.41) is 16.0. The molecule has 1 aromatic rings. The maximum Gasteiger partial charge on any atom is 0.306 e. The second-order valence-electron chi connectivity index (χ2n) is 7.28. The summed E-state index contributed by atoms with van der Waals surface area (Å²) in [7, 11) is 0. The number of nitrogens with one attached hydrogen (secondary N) is 2. The molecule has 1 rings (SSSR count). The number of carbonyl (C=O) groups is 4. The number of esters is 1. The topological polar surface area (TPSA) is 171 Å². The Balaban J connectivity index is 3.29. The Bertz CT molecular complexity index is 823. The van der Waals surface area contributed by atoms with E-state index in [1.54, 1.807) is 20.8 Å². The zero-order valence-electron chi connectivity index (χ0n) is 17.9. The Morgan fingerprint density at radius 2 is 1.68 bits per heavy atom. The molecule has 4 N–H and O–H groups in total. The number of amides is 3. The van der Waals surface area contributed by atoms with Crippen molar-refractivity contribution >= 4 is 29.4 Å². The van der Waals surface area contributed by atoms with Gasteiger partial charge in [-0.25, -0.2) is 0 Å². The first-order valence-electron chi connectivity index (χ1n) is 9.74. The van der Waals surface area contributed by atoms with E-state index in [9.17, 15) is 29.3 Å². The molecule has 0 aromatic heterocycles. The lowest BCUT2D eigenvalue weighted by Crippen LogP contribution is -2.56. The highest BCUT2D eigenvalue weighted by atomic mass is 16.6. The molecule has 3 atom stereocenters. The number of nitro groups is 1. The van der Waals surface area contributed by atoms with Gasteiger partial charge in [-0.1, -0.05) is 26.0 Å². The molecule has 0 heterocycles. The van der Waals surface area contributed by atoms with Gasteiger partial charge in [0.05, 0.1) is 18.0 Å². The molecule has 0 aliphatic heterocycles. The molecule has 0 aliphatic rings. The highest BCUT2D eigenvalue weighted by Gasteiger charge is 2.34. The van der Waals surface area contributed by atoms with Crippen LogP contribution in [0.2, 0.25) is 0 Å². The predicted octanol–water partition coefficient (Wildman–Crippen LogP) is 0.762. The van der Waals surface area contributed by atoms with Crippen LogP contribution in [-0.2, 0) is 23.9 Å². The third kappa shape index (κ3) is 7.68. The van der Waals surface area contributed by atoms with Gasteiger partial charge in [-0.2, -0.15) is 0 Å². The van der Waals surface area contributed by atoms with Gasteiger partial charge in [-0.05, 0) is 18.4 Å². The summed E-state index contributed by atoms with van der Waals surface area (Å²) in [5.74, 6) is -3.85. The number of hydrogen-bond donors (Lipinski definition) is 3. The SMILES string of the molecule is CCOC(=O)C[C@@H](c1ccc([N+](=O)[O-])cc1)[C@H](NC(=O)[C@H](NC(C)=O)C(C)C)C(N)=O. The van der Waals surface area contributed by atoms with Crippen molar-refractivity contribution in [2.24, 2.45) is 11.7 Å². The van der Waals surface area contributed by atoms with E-state index in [1.165, 1.54) is 31.2 Å². The normalized spacial score (nSPS) is 13.6. The van der Waals surface area contributed by atoms with Gasteiger partial charge in [-0.15, -0.1) is 0 Å². The number of carbonyl (C=O) groups excluding carboxylic acids is 4. The molecular formula is C20H28N4O7. The summed E-state index contributed by atoms with van der Waals surface area (Å²) in [5.41, 5.74) is 5.73. The van der Waals surface area contributed by atoms with Gasteiger partial charge in [0.15, 0.2) is 0 Å². The minimum Gasteiger partial charge on any atom is -0.466 e. The van der Waals surface area contributed by atoms with Gasteiger partial charge in [-0.3, -0.25) is 29.3 Å². The molecular weight excluding hydrogens is 408 g/mol. The van der Waals surface area contributed by atoms with E-state index in [2.05, 4.69) is 10.6 Å². The molecule has 0 spiro atoms. The van der Waals surface area contributed by atoms with Crippen LogP contribution in [0, 0.1) is 16.0 Å². The lowest BCUT2D eigenvalue weighted by atomic mass is 9.87. The van der Waals surface area contributed by atoms with Crippen molar-refractivity contribution in [3.05, 3.63) is 39.9 Å². The van der Waals surface area contributed by atoms with Gasteiger partial charge >= 0.3 is 5.97 Å². The highest BCUT2D eigenvalue weighted by Crippen LogP contribution is 2.27. The van der Waals surface area contributed by atoms with Crippen molar-refractivity contribution in [2.75, 3.05) is 6.61 Å². The number of nitrogens with zero attached hydrogens (tertiary/aromatic N) is 1. The minimum absolute atomic E-state index is 0.108. The van der Waals surface area contributed by atoms with E-state index in [4.69, 9.17) is 10.5 Å². The molecule has 11 heteroatoms. The second kappa shape index (κ2) is 11.6. The number of nitro benzene ring substituents is 1. The molecule has 0 bridgehead atoms. The molecule has 3 amide bonds. The second-order valence-corrected chi connectivity index (χ2v) is 7.28. The smallest absolute Gasteiger partial charge is 0.306 e. The first-order chi connectivity index (χ1) is 14.5. The lowest BCUT2D eigenvalue weighted by molar-refractivity contribution is -0.384. The van der Waals surface area contributed by atoms with E-state index in [-0.39, 0.29) is 24.6 Å². The van der Waals surface area contributed by atoms with Gasteiger partial charge in [0.2, 0.25) is 17.7 Å². The van der Waals surface area contributed by atoms with Crippen LogP contribution in [-0.4, -0.2) is 47.3 Å². The molecule has 0 unspecified atom stereocenters. The number of benzene rings is 1. The third-order valence-electron chi connectivity index (χ3n) is 4.54. The molecule has 0 saturated heterocycles. The predicted molar refractivity (Wildman–Crippen MR) is 111 cm³/mol. The van der Waals surface area contributed by atoms with Crippen molar-refractivity contribution in [1.29, 1.82) is 0 Å². The molecule has 11 nitrogen and oxygen atoms in total. The van der Waals surface area contributed by atoms with Crippen LogP contribution < -0.4 is 16.4 Å². The Kier molecular flexibility index (Phi) is 9.58. The zero-order chi connectivity index (χ0) is 23.7. The lowest BCUT2D eigenvalue weighted by Gasteiger charge is -2.28. The van der Waals surface area contributed by atoms with E-state index in [1.807, 2.05) is 0 Å². The van der Waals surface area contributed by atoms with Crippen LogP contribution in [0.3, 0.4) is 0 Å². The summed E-state index contributed by atoms with van der Waals surface area (Å²) in [6.07, 6.45) is -0.300. The molecule has 0 saturated carbocycles. The fraction of sp³-hybridized carbons (Fsp3) is 0.500. The molecule has 1 aromatic carbocycles. The standard InChI is InChI=1S/C20H28N4O7/c1-5-31-16(26)10-15(13-6-8-14(9-7-13)24(29)30)18(19(21)27)23-20(28)17(11(2)3)22-12(4)25/h6-9,11,15,17-18H,5,10H2,1-4H3,(H2,21,27)(H,22,25)(H,23,28)/t15-,17+,18-/m0/s1. The van der Waals surface area contributed by atoms with Gasteiger partial charge in [0.1, 0.15) is 12.1 Å². The van der Waals surface area contributed by atoms with Crippen LogP contribution >= 0.6 is 0 Å². The van der Waals surface area contributed by atoms with Gasteiger partial charge in [0.25, 0.3) is 5.69 Å². The van der Waals surface area contributed by atoms with E-state index < -0.39 is 46.6 Å². The summed E-state index contributed by atoms with van der Waals surface area (Å²) in [6.45, 7) is 6.41.